The third kappa shape index (κ3) is 5.50. The zero-order valence-electron chi connectivity index (χ0n) is 17.1. The number of hydrogen-bond acceptors (Lipinski definition) is 5. The lowest BCUT2D eigenvalue weighted by molar-refractivity contribution is 0.215. The molecular weight excluding hydrogens is 481 g/mol. The fourth-order valence-electron chi connectivity index (χ4n) is 4.20. The van der Waals surface area contributed by atoms with Crippen LogP contribution in [0.1, 0.15) is 55.6 Å². The number of furan rings is 1. The maximum Gasteiger partial charge on any atom is 0.191 e. The lowest BCUT2D eigenvalue weighted by Gasteiger charge is -2.26. The topological polar surface area (TPSA) is 83.5 Å². The van der Waals surface area contributed by atoms with Crippen LogP contribution in [0.4, 0.5) is 0 Å². The number of hydrogen-bond donors (Lipinski definition) is 2. The van der Waals surface area contributed by atoms with Gasteiger partial charge in [0, 0.05) is 26.6 Å². The van der Waals surface area contributed by atoms with E-state index in [2.05, 4.69) is 41.4 Å². The molecule has 0 spiro atoms. The molecule has 4 rings (SSSR count). The van der Waals surface area contributed by atoms with E-state index in [0.29, 0.717) is 6.54 Å². The predicted molar refractivity (Wildman–Crippen MR) is 123 cm³/mol. The van der Waals surface area contributed by atoms with Crippen molar-refractivity contribution in [3.8, 4) is 0 Å². The molecule has 2 aliphatic rings. The zero-order valence-corrected chi connectivity index (χ0v) is 19.5. The Labute approximate surface area is 189 Å². The van der Waals surface area contributed by atoms with Crippen molar-refractivity contribution in [1.82, 2.24) is 30.3 Å². The van der Waals surface area contributed by atoms with Crippen LogP contribution >= 0.6 is 24.0 Å². The largest absolute Gasteiger partial charge is 0.468 e. The normalized spacial score (nSPS) is 18.6. The van der Waals surface area contributed by atoms with Crippen LogP contribution in [0.25, 0.3) is 0 Å². The van der Waals surface area contributed by atoms with Crippen molar-refractivity contribution in [1.29, 1.82) is 0 Å². The van der Waals surface area contributed by atoms with E-state index in [1.165, 1.54) is 32.1 Å². The van der Waals surface area contributed by atoms with Gasteiger partial charge in [-0.3, -0.25) is 9.89 Å². The van der Waals surface area contributed by atoms with Gasteiger partial charge in [-0.05, 0) is 50.9 Å². The predicted octanol–water partition coefficient (Wildman–Crippen LogP) is 2.72. The summed E-state index contributed by atoms with van der Waals surface area (Å²) >= 11 is 0. The molecule has 0 radical (unpaired) electrons. The van der Waals surface area contributed by atoms with Crippen molar-refractivity contribution >= 4 is 29.9 Å². The molecule has 1 unspecified atom stereocenters. The van der Waals surface area contributed by atoms with Gasteiger partial charge < -0.3 is 19.6 Å². The minimum Gasteiger partial charge on any atom is -0.468 e. The van der Waals surface area contributed by atoms with Gasteiger partial charge in [0.15, 0.2) is 11.8 Å². The molecule has 4 heterocycles. The van der Waals surface area contributed by atoms with Crippen molar-refractivity contribution in [2.24, 2.45) is 4.99 Å². The molecule has 2 aromatic heterocycles. The van der Waals surface area contributed by atoms with E-state index in [4.69, 9.17) is 4.42 Å². The second-order valence-electron chi connectivity index (χ2n) is 7.58. The number of fused-ring (bicyclic) bond motifs is 1. The number of likely N-dealkylation sites (tertiary alicyclic amines) is 1. The third-order valence-electron chi connectivity index (χ3n) is 5.74. The first-order valence-electron chi connectivity index (χ1n) is 10.5. The van der Waals surface area contributed by atoms with Crippen molar-refractivity contribution in [3.05, 3.63) is 35.8 Å². The van der Waals surface area contributed by atoms with Crippen LogP contribution in [0.5, 0.6) is 0 Å². The van der Waals surface area contributed by atoms with Gasteiger partial charge in [-0.2, -0.15) is 0 Å². The van der Waals surface area contributed by atoms with Crippen LogP contribution in [0.3, 0.4) is 0 Å². The lowest BCUT2D eigenvalue weighted by Crippen LogP contribution is -2.42. The number of rotatable bonds is 6. The summed E-state index contributed by atoms with van der Waals surface area (Å²) in [5, 5.41) is 15.6. The van der Waals surface area contributed by atoms with Crippen molar-refractivity contribution in [2.45, 2.75) is 57.7 Å². The average Bonchev–Trinajstić information content (AvgIpc) is 3.46. The Morgan fingerprint density at radius 3 is 2.72 bits per heavy atom. The average molecular weight is 513 g/mol. The number of nitrogens with one attached hydrogen (secondary N) is 2. The van der Waals surface area contributed by atoms with Crippen LogP contribution in [0, 0.1) is 0 Å². The highest BCUT2D eigenvalue weighted by Crippen LogP contribution is 2.24. The van der Waals surface area contributed by atoms with E-state index in [1.807, 2.05) is 6.07 Å². The van der Waals surface area contributed by atoms with Crippen LogP contribution in [-0.2, 0) is 19.5 Å². The van der Waals surface area contributed by atoms with Gasteiger partial charge in [0.05, 0.1) is 18.8 Å². The summed E-state index contributed by atoms with van der Waals surface area (Å²) < 4.78 is 7.97. The van der Waals surface area contributed by atoms with Crippen molar-refractivity contribution in [2.75, 3.05) is 26.7 Å². The Balaban J connectivity index is 0.00000240. The molecule has 160 valence electrons. The number of aromatic nitrogens is 3. The fraction of sp³-hybridized carbons (Fsp3) is 0.650. The zero-order chi connectivity index (χ0) is 19.2. The number of aliphatic imine (C=N–C) groups is 1. The van der Waals surface area contributed by atoms with Gasteiger partial charge in [-0.15, -0.1) is 34.2 Å². The summed E-state index contributed by atoms with van der Waals surface area (Å²) in [5.41, 5.74) is 0. The van der Waals surface area contributed by atoms with E-state index in [-0.39, 0.29) is 30.0 Å². The number of nitrogens with zero attached hydrogens (tertiary/aromatic N) is 5. The fourth-order valence-corrected chi connectivity index (χ4v) is 4.20. The first-order valence-corrected chi connectivity index (χ1v) is 10.5. The van der Waals surface area contributed by atoms with Crippen LogP contribution < -0.4 is 10.6 Å². The van der Waals surface area contributed by atoms with Gasteiger partial charge in [0.1, 0.15) is 11.6 Å². The number of halogens is 1. The number of aryl methyl sites for hydroxylation is 1. The third-order valence-corrected chi connectivity index (χ3v) is 5.74. The molecule has 2 aromatic rings. The summed E-state index contributed by atoms with van der Waals surface area (Å²) in [4.78, 5) is 6.87. The van der Waals surface area contributed by atoms with Crippen LogP contribution in [0.15, 0.2) is 27.8 Å². The maximum absolute atomic E-state index is 5.70. The summed E-state index contributed by atoms with van der Waals surface area (Å²) in [6, 6.07) is 4.25. The SMILES string of the molecule is CN=C(NCc1nnc2n1CCCCC2)NCC(c1ccco1)N1CCCC1.I. The molecule has 29 heavy (non-hydrogen) atoms. The van der Waals surface area contributed by atoms with E-state index in [9.17, 15) is 0 Å². The van der Waals surface area contributed by atoms with Crippen LogP contribution in [-0.4, -0.2) is 52.3 Å². The maximum atomic E-state index is 5.70. The van der Waals surface area contributed by atoms with E-state index in [1.54, 1.807) is 13.3 Å². The first-order chi connectivity index (χ1) is 13.8. The molecule has 1 saturated heterocycles. The Bertz CT molecular complexity index is 768. The second-order valence-corrected chi connectivity index (χ2v) is 7.58. The molecule has 1 fully saturated rings. The smallest absolute Gasteiger partial charge is 0.191 e. The van der Waals surface area contributed by atoms with E-state index < -0.39 is 0 Å². The monoisotopic (exact) mass is 513 g/mol. The quantitative estimate of drug-likeness (QED) is 0.351. The first kappa shape index (κ1) is 22.1. The molecule has 0 amide bonds. The molecule has 0 aromatic carbocycles. The lowest BCUT2D eigenvalue weighted by atomic mass is 10.2. The summed E-state index contributed by atoms with van der Waals surface area (Å²) in [5.74, 6) is 3.89. The van der Waals surface area contributed by atoms with Gasteiger partial charge in [0.25, 0.3) is 0 Å². The van der Waals surface area contributed by atoms with Gasteiger partial charge in [-0.1, -0.05) is 6.42 Å². The Morgan fingerprint density at radius 1 is 1.14 bits per heavy atom. The summed E-state index contributed by atoms with van der Waals surface area (Å²) in [7, 11) is 1.80. The van der Waals surface area contributed by atoms with E-state index >= 15 is 0 Å². The van der Waals surface area contributed by atoms with Gasteiger partial charge >= 0.3 is 0 Å². The molecular formula is C20H32IN7O. The van der Waals surface area contributed by atoms with Crippen molar-refractivity contribution in [3.63, 3.8) is 0 Å². The van der Waals surface area contributed by atoms with Crippen LogP contribution in [0.2, 0.25) is 0 Å². The molecule has 0 aliphatic carbocycles. The summed E-state index contributed by atoms with van der Waals surface area (Å²) in [6.07, 6.45) is 8.96. The molecule has 2 N–H and O–H groups in total. The Kier molecular flexibility index (Phi) is 8.34. The molecule has 0 bridgehead atoms. The highest BCUT2D eigenvalue weighted by Gasteiger charge is 2.25. The van der Waals surface area contributed by atoms with Gasteiger partial charge in [-0.25, -0.2) is 0 Å². The summed E-state index contributed by atoms with van der Waals surface area (Å²) in [6.45, 7) is 4.63. The minimum absolute atomic E-state index is 0. The standard InChI is InChI=1S/C20H31N7O.HI/c1-21-20(23-15-19-25-24-18-9-3-2-4-12-27(18)19)22-14-16(17-8-7-13-28-17)26-10-5-6-11-26;/h7-8,13,16H,2-6,9-12,14-15H2,1H3,(H2,21,22,23);1H. The molecule has 1 atom stereocenters. The number of guanidine groups is 1. The molecule has 8 nitrogen and oxygen atoms in total. The van der Waals surface area contributed by atoms with Gasteiger partial charge in [0.2, 0.25) is 0 Å². The highest BCUT2D eigenvalue weighted by molar-refractivity contribution is 14.0. The minimum atomic E-state index is 0. The highest BCUT2D eigenvalue weighted by atomic mass is 127. The molecule has 2 aliphatic heterocycles. The Morgan fingerprint density at radius 2 is 1.97 bits per heavy atom. The second kappa shape index (κ2) is 11.0. The Hall–Kier alpha value is -1.62. The molecule has 9 heteroatoms. The van der Waals surface area contributed by atoms with Crippen molar-refractivity contribution < 1.29 is 4.42 Å². The van der Waals surface area contributed by atoms with E-state index in [0.717, 1.165) is 56.0 Å². The molecule has 0 saturated carbocycles.